The number of amides is 2. The predicted octanol–water partition coefficient (Wildman–Crippen LogP) is 1.10. The maximum absolute atomic E-state index is 11.9. The fourth-order valence-electron chi connectivity index (χ4n) is 4.45. The van der Waals surface area contributed by atoms with E-state index in [4.69, 9.17) is 4.74 Å². The number of likely N-dealkylation sites (tertiary alicyclic amines) is 1. The van der Waals surface area contributed by atoms with E-state index in [-0.39, 0.29) is 17.4 Å². The van der Waals surface area contributed by atoms with E-state index < -0.39 is 0 Å². The van der Waals surface area contributed by atoms with E-state index in [1.165, 1.54) is 0 Å². The molecule has 3 aliphatic rings. The summed E-state index contributed by atoms with van der Waals surface area (Å²) >= 11 is 0. The molecule has 3 fully saturated rings. The molecule has 0 aromatic carbocycles. The Morgan fingerprint density at radius 1 is 1.04 bits per heavy atom. The first-order valence-electron chi connectivity index (χ1n) is 9.44. The van der Waals surface area contributed by atoms with Crippen LogP contribution in [0.4, 0.5) is 0 Å². The smallest absolute Gasteiger partial charge is 0.222 e. The van der Waals surface area contributed by atoms with E-state index in [0.29, 0.717) is 12.5 Å². The Labute approximate surface area is 145 Å². The molecule has 1 atom stereocenters. The van der Waals surface area contributed by atoms with Gasteiger partial charge in [-0.25, -0.2) is 0 Å². The molecule has 3 heterocycles. The molecule has 0 aliphatic carbocycles. The van der Waals surface area contributed by atoms with E-state index in [2.05, 4.69) is 4.90 Å². The van der Waals surface area contributed by atoms with Gasteiger partial charge in [-0.1, -0.05) is 6.92 Å². The molecule has 3 rings (SSSR count). The standard InChI is InChI=1S/C18H31N3O3/c1-3-17(23)21-7-5-18(6-8-21)14-16(4-13-24-18)20-11-9-19(10-12-20)15(2)22/h16H,3-14H2,1-2H3. The fraction of sp³-hybridized carbons (Fsp3) is 0.889. The van der Waals surface area contributed by atoms with Crippen LogP contribution in [0.2, 0.25) is 0 Å². The number of hydrogen-bond acceptors (Lipinski definition) is 4. The SMILES string of the molecule is CCC(=O)N1CCC2(CC1)CC(N1CCN(C(C)=O)CC1)CCO2. The largest absolute Gasteiger partial charge is 0.375 e. The number of hydrogen-bond donors (Lipinski definition) is 0. The number of piperazine rings is 1. The van der Waals surface area contributed by atoms with Gasteiger partial charge in [0.1, 0.15) is 0 Å². The van der Waals surface area contributed by atoms with E-state index in [0.717, 1.165) is 71.6 Å². The van der Waals surface area contributed by atoms with Crippen molar-refractivity contribution in [3.05, 3.63) is 0 Å². The average molecular weight is 337 g/mol. The van der Waals surface area contributed by atoms with Crippen molar-refractivity contribution < 1.29 is 14.3 Å². The fourth-order valence-corrected chi connectivity index (χ4v) is 4.45. The highest BCUT2D eigenvalue weighted by Crippen LogP contribution is 2.37. The first kappa shape index (κ1) is 17.7. The molecule has 0 aromatic rings. The van der Waals surface area contributed by atoms with Crippen molar-refractivity contribution >= 4 is 11.8 Å². The van der Waals surface area contributed by atoms with Gasteiger partial charge in [0.2, 0.25) is 11.8 Å². The number of rotatable bonds is 2. The molecule has 0 bridgehead atoms. The predicted molar refractivity (Wildman–Crippen MR) is 91.6 cm³/mol. The molecule has 3 saturated heterocycles. The first-order chi connectivity index (χ1) is 11.5. The van der Waals surface area contributed by atoms with E-state index in [1.54, 1.807) is 6.92 Å². The van der Waals surface area contributed by atoms with Crippen molar-refractivity contribution in [2.24, 2.45) is 0 Å². The van der Waals surface area contributed by atoms with Crippen LogP contribution < -0.4 is 0 Å². The van der Waals surface area contributed by atoms with Crippen molar-refractivity contribution in [2.75, 3.05) is 45.9 Å². The number of nitrogens with zero attached hydrogens (tertiary/aromatic N) is 3. The number of carbonyl (C=O) groups is 2. The molecule has 0 radical (unpaired) electrons. The number of carbonyl (C=O) groups excluding carboxylic acids is 2. The van der Waals surface area contributed by atoms with Crippen LogP contribution in [-0.2, 0) is 14.3 Å². The third kappa shape index (κ3) is 3.75. The van der Waals surface area contributed by atoms with Crippen LogP contribution >= 0.6 is 0 Å². The van der Waals surface area contributed by atoms with Crippen LogP contribution in [0.15, 0.2) is 0 Å². The van der Waals surface area contributed by atoms with Gasteiger partial charge in [-0.3, -0.25) is 14.5 Å². The van der Waals surface area contributed by atoms with Crippen LogP contribution in [0.1, 0.15) is 46.0 Å². The Morgan fingerprint density at radius 2 is 1.71 bits per heavy atom. The summed E-state index contributed by atoms with van der Waals surface area (Å²) in [6.45, 7) is 9.71. The quantitative estimate of drug-likeness (QED) is 0.757. The summed E-state index contributed by atoms with van der Waals surface area (Å²) in [7, 11) is 0. The lowest BCUT2D eigenvalue weighted by atomic mass is 9.81. The molecule has 6 heteroatoms. The monoisotopic (exact) mass is 337 g/mol. The van der Waals surface area contributed by atoms with Crippen LogP contribution in [0.5, 0.6) is 0 Å². The van der Waals surface area contributed by atoms with Gasteiger partial charge in [0, 0.05) is 65.3 Å². The second-order valence-corrected chi connectivity index (χ2v) is 7.45. The molecular weight excluding hydrogens is 306 g/mol. The average Bonchev–Trinajstić information content (AvgIpc) is 2.62. The van der Waals surface area contributed by atoms with E-state index >= 15 is 0 Å². The highest BCUT2D eigenvalue weighted by molar-refractivity contribution is 5.75. The minimum atomic E-state index is -0.0366. The summed E-state index contributed by atoms with van der Waals surface area (Å²) < 4.78 is 6.22. The van der Waals surface area contributed by atoms with Crippen molar-refractivity contribution in [2.45, 2.75) is 57.6 Å². The van der Waals surface area contributed by atoms with E-state index in [1.807, 2.05) is 16.7 Å². The maximum Gasteiger partial charge on any atom is 0.222 e. The Kier molecular flexibility index (Phi) is 5.45. The zero-order chi connectivity index (χ0) is 17.2. The highest BCUT2D eigenvalue weighted by Gasteiger charge is 2.42. The van der Waals surface area contributed by atoms with Gasteiger partial charge < -0.3 is 14.5 Å². The Morgan fingerprint density at radius 3 is 2.29 bits per heavy atom. The van der Waals surface area contributed by atoms with Crippen molar-refractivity contribution in [3.8, 4) is 0 Å². The summed E-state index contributed by atoms with van der Waals surface area (Å²) in [6.07, 6.45) is 4.67. The summed E-state index contributed by atoms with van der Waals surface area (Å²) in [5.74, 6) is 0.448. The molecule has 136 valence electrons. The molecule has 0 N–H and O–H groups in total. The minimum Gasteiger partial charge on any atom is -0.375 e. The molecule has 6 nitrogen and oxygen atoms in total. The first-order valence-corrected chi connectivity index (χ1v) is 9.44. The Hall–Kier alpha value is -1.14. The van der Waals surface area contributed by atoms with Gasteiger partial charge in [0.15, 0.2) is 0 Å². The molecule has 3 aliphatic heterocycles. The van der Waals surface area contributed by atoms with Crippen molar-refractivity contribution in [1.29, 1.82) is 0 Å². The second kappa shape index (κ2) is 7.40. The lowest BCUT2D eigenvalue weighted by Gasteiger charge is -2.49. The Bertz CT molecular complexity index is 466. The maximum atomic E-state index is 11.9. The zero-order valence-electron chi connectivity index (χ0n) is 15.1. The van der Waals surface area contributed by atoms with Gasteiger partial charge in [-0.2, -0.15) is 0 Å². The lowest BCUT2D eigenvalue weighted by Crippen LogP contribution is -2.57. The molecule has 0 aromatic heterocycles. The molecule has 2 amide bonds. The van der Waals surface area contributed by atoms with Crippen LogP contribution in [0.25, 0.3) is 0 Å². The Balaban J connectivity index is 1.54. The summed E-state index contributed by atoms with van der Waals surface area (Å²) in [6, 6.07) is 0.557. The van der Waals surface area contributed by atoms with Gasteiger partial charge >= 0.3 is 0 Å². The molecule has 24 heavy (non-hydrogen) atoms. The van der Waals surface area contributed by atoms with Crippen LogP contribution in [0, 0.1) is 0 Å². The summed E-state index contributed by atoms with van der Waals surface area (Å²) in [4.78, 5) is 29.9. The third-order valence-electron chi connectivity index (χ3n) is 6.07. The van der Waals surface area contributed by atoms with Gasteiger partial charge in [-0.15, -0.1) is 0 Å². The molecule has 1 spiro atoms. The van der Waals surface area contributed by atoms with Crippen molar-refractivity contribution in [3.63, 3.8) is 0 Å². The van der Waals surface area contributed by atoms with Crippen LogP contribution in [-0.4, -0.2) is 84.0 Å². The summed E-state index contributed by atoms with van der Waals surface area (Å²) in [5, 5.41) is 0. The van der Waals surface area contributed by atoms with Gasteiger partial charge in [-0.05, 0) is 25.7 Å². The van der Waals surface area contributed by atoms with E-state index in [9.17, 15) is 9.59 Å². The van der Waals surface area contributed by atoms with Gasteiger partial charge in [0.05, 0.1) is 5.60 Å². The molecule has 1 unspecified atom stereocenters. The number of piperidine rings is 1. The summed E-state index contributed by atoms with van der Waals surface area (Å²) in [5.41, 5.74) is -0.0366. The normalized spacial score (nSPS) is 28.2. The molecule has 0 saturated carbocycles. The highest BCUT2D eigenvalue weighted by atomic mass is 16.5. The molecular formula is C18H31N3O3. The second-order valence-electron chi connectivity index (χ2n) is 7.45. The lowest BCUT2D eigenvalue weighted by molar-refractivity contribution is -0.151. The zero-order valence-corrected chi connectivity index (χ0v) is 15.1. The van der Waals surface area contributed by atoms with Crippen molar-refractivity contribution in [1.82, 2.24) is 14.7 Å². The van der Waals surface area contributed by atoms with Gasteiger partial charge in [0.25, 0.3) is 0 Å². The van der Waals surface area contributed by atoms with Crippen LogP contribution in [0.3, 0.4) is 0 Å². The topological polar surface area (TPSA) is 53.1 Å². The minimum absolute atomic E-state index is 0.0366. The number of ether oxygens (including phenoxy) is 1. The third-order valence-corrected chi connectivity index (χ3v) is 6.07.